The molecule has 0 aliphatic heterocycles. The van der Waals surface area contributed by atoms with E-state index in [1.807, 2.05) is 6.92 Å². The number of carboxylic acids is 1. The number of hydrogen-bond donors (Lipinski definition) is 2. The standard InChI is InChI=1S/C10H12BrNO2/c1-6(12)4-7-5-8(11)2-3-9(7)10(13)14/h2-3,5-6H,4,12H2,1H3,(H,13,14). The molecule has 3 N–H and O–H groups in total. The van der Waals surface area contributed by atoms with Crippen molar-refractivity contribution in [3.8, 4) is 0 Å². The first-order valence-corrected chi connectivity index (χ1v) is 5.07. The van der Waals surface area contributed by atoms with Gasteiger partial charge >= 0.3 is 5.97 Å². The van der Waals surface area contributed by atoms with E-state index in [9.17, 15) is 4.79 Å². The third kappa shape index (κ3) is 2.82. The fourth-order valence-corrected chi connectivity index (χ4v) is 1.70. The Kier molecular flexibility index (Phi) is 3.66. The van der Waals surface area contributed by atoms with E-state index < -0.39 is 5.97 Å². The molecule has 14 heavy (non-hydrogen) atoms. The van der Waals surface area contributed by atoms with E-state index in [-0.39, 0.29) is 6.04 Å². The summed E-state index contributed by atoms with van der Waals surface area (Å²) in [6.07, 6.45) is 0.571. The fraction of sp³-hybridized carbons (Fsp3) is 0.300. The molecule has 0 heterocycles. The molecular formula is C10H12BrNO2. The first-order valence-electron chi connectivity index (χ1n) is 4.28. The molecule has 0 saturated carbocycles. The Balaban J connectivity index is 3.09. The monoisotopic (exact) mass is 257 g/mol. The van der Waals surface area contributed by atoms with Gasteiger partial charge < -0.3 is 10.8 Å². The molecule has 1 rings (SSSR count). The number of benzene rings is 1. The fourth-order valence-electron chi connectivity index (χ4n) is 1.29. The minimum absolute atomic E-state index is 0.0394. The number of carboxylic acid groups (broad SMARTS) is 1. The van der Waals surface area contributed by atoms with Crippen LogP contribution in [0.4, 0.5) is 0 Å². The van der Waals surface area contributed by atoms with Crippen LogP contribution in [0.2, 0.25) is 0 Å². The van der Waals surface area contributed by atoms with Gasteiger partial charge in [0.1, 0.15) is 0 Å². The van der Waals surface area contributed by atoms with Crippen molar-refractivity contribution in [2.75, 3.05) is 0 Å². The van der Waals surface area contributed by atoms with Crippen LogP contribution < -0.4 is 5.73 Å². The van der Waals surface area contributed by atoms with Gasteiger partial charge in [-0.1, -0.05) is 15.9 Å². The van der Waals surface area contributed by atoms with E-state index >= 15 is 0 Å². The van der Waals surface area contributed by atoms with E-state index in [4.69, 9.17) is 10.8 Å². The van der Waals surface area contributed by atoms with E-state index in [1.54, 1.807) is 18.2 Å². The zero-order valence-corrected chi connectivity index (χ0v) is 9.41. The molecule has 0 aliphatic carbocycles. The van der Waals surface area contributed by atoms with E-state index in [1.165, 1.54) is 0 Å². The second kappa shape index (κ2) is 4.57. The normalized spacial score (nSPS) is 12.5. The van der Waals surface area contributed by atoms with Crippen LogP contribution in [0, 0.1) is 0 Å². The summed E-state index contributed by atoms with van der Waals surface area (Å²) < 4.78 is 0.873. The molecule has 76 valence electrons. The van der Waals surface area contributed by atoms with Gasteiger partial charge in [-0.25, -0.2) is 4.79 Å². The van der Waals surface area contributed by atoms with Gasteiger partial charge in [0.15, 0.2) is 0 Å². The first-order chi connectivity index (χ1) is 6.50. The van der Waals surface area contributed by atoms with Gasteiger partial charge in [0.2, 0.25) is 0 Å². The molecule has 0 radical (unpaired) electrons. The third-order valence-corrected chi connectivity index (χ3v) is 2.33. The average Bonchev–Trinajstić information content (AvgIpc) is 2.01. The van der Waals surface area contributed by atoms with Crippen LogP contribution in [0.5, 0.6) is 0 Å². The summed E-state index contributed by atoms with van der Waals surface area (Å²) in [4.78, 5) is 10.9. The summed E-state index contributed by atoms with van der Waals surface area (Å²) in [6, 6.07) is 5.06. The average molecular weight is 258 g/mol. The van der Waals surface area contributed by atoms with Crippen LogP contribution in [0.25, 0.3) is 0 Å². The largest absolute Gasteiger partial charge is 0.478 e. The summed E-state index contributed by atoms with van der Waals surface area (Å²) in [5.41, 5.74) is 6.73. The molecule has 1 aromatic rings. The highest BCUT2D eigenvalue weighted by molar-refractivity contribution is 9.10. The van der Waals surface area contributed by atoms with Crippen molar-refractivity contribution in [2.24, 2.45) is 5.73 Å². The summed E-state index contributed by atoms with van der Waals surface area (Å²) in [5, 5.41) is 8.91. The smallest absolute Gasteiger partial charge is 0.335 e. The van der Waals surface area contributed by atoms with Gasteiger partial charge in [-0.2, -0.15) is 0 Å². The van der Waals surface area contributed by atoms with Crippen molar-refractivity contribution in [3.05, 3.63) is 33.8 Å². The molecule has 0 aromatic heterocycles. The Morgan fingerprint density at radius 3 is 2.79 bits per heavy atom. The molecule has 3 nitrogen and oxygen atoms in total. The van der Waals surface area contributed by atoms with Gasteiger partial charge in [-0.15, -0.1) is 0 Å². The summed E-state index contributed by atoms with van der Waals surface area (Å²) >= 11 is 3.30. The van der Waals surface area contributed by atoms with E-state index in [2.05, 4.69) is 15.9 Å². The van der Waals surface area contributed by atoms with Gasteiger partial charge in [-0.05, 0) is 37.1 Å². The van der Waals surface area contributed by atoms with Crippen molar-refractivity contribution in [1.82, 2.24) is 0 Å². The Morgan fingerprint density at radius 1 is 1.64 bits per heavy atom. The van der Waals surface area contributed by atoms with Crippen LogP contribution in [-0.4, -0.2) is 17.1 Å². The number of rotatable bonds is 3. The van der Waals surface area contributed by atoms with Crippen LogP contribution in [0.3, 0.4) is 0 Å². The molecule has 1 aromatic carbocycles. The molecule has 1 unspecified atom stereocenters. The number of nitrogens with two attached hydrogens (primary N) is 1. The molecular weight excluding hydrogens is 246 g/mol. The third-order valence-electron chi connectivity index (χ3n) is 1.84. The Morgan fingerprint density at radius 2 is 2.29 bits per heavy atom. The Labute approximate surface area is 91.1 Å². The number of carbonyl (C=O) groups is 1. The summed E-state index contributed by atoms with van der Waals surface area (Å²) in [6.45, 7) is 1.85. The van der Waals surface area contributed by atoms with Gasteiger partial charge in [-0.3, -0.25) is 0 Å². The van der Waals surface area contributed by atoms with Crippen LogP contribution in [0.15, 0.2) is 22.7 Å². The number of hydrogen-bond acceptors (Lipinski definition) is 2. The van der Waals surface area contributed by atoms with E-state index in [0.717, 1.165) is 10.0 Å². The highest BCUT2D eigenvalue weighted by Crippen LogP contribution is 2.18. The molecule has 1 atom stereocenters. The van der Waals surface area contributed by atoms with Gasteiger partial charge in [0.05, 0.1) is 5.56 Å². The maximum absolute atomic E-state index is 10.9. The quantitative estimate of drug-likeness (QED) is 0.871. The SMILES string of the molecule is CC(N)Cc1cc(Br)ccc1C(=O)O. The molecule has 4 heteroatoms. The highest BCUT2D eigenvalue weighted by atomic mass is 79.9. The Bertz CT molecular complexity index is 350. The molecule has 0 amide bonds. The lowest BCUT2D eigenvalue weighted by molar-refractivity contribution is 0.0695. The lowest BCUT2D eigenvalue weighted by atomic mass is 10.0. The van der Waals surface area contributed by atoms with E-state index in [0.29, 0.717) is 12.0 Å². The second-order valence-corrected chi connectivity index (χ2v) is 4.20. The predicted molar refractivity (Wildman–Crippen MR) is 58.5 cm³/mol. The van der Waals surface area contributed by atoms with Crippen LogP contribution >= 0.6 is 15.9 Å². The van der Waals surface area contributed by atoms with Gasteiger partial charge in [0, 0.05) is 10.5 Å². The summed E-state index contributed by atoms with van der Waals surface area (Å²) in [5.74, 6) is -0.909. The number of aromatic carboxylic acids is 1. The highest BCUT2D eigenvalue weighted by Gasteiger charge is 2.11. The maximum Gasteiger partial charge on any atom is 0.335 e. The first kappa shape index (κ1) is 11.2. The van der Waals surface area contributed by atoms with Crippen molar-refractivity contribution >= 4 is 21.9 Å². The van der Waals surface area contributed by atoms with Crippen molar-refractivity contribution in [3.63, 3.8) is 0 Å². The van der Waals surface area contributed by atoms with Crippen molar-refractivity contribution in [2.45, 2.75) is 19.4 Å². The topological polar surface area (TPSA) is 63.3 Å². The molecule has 0 bridgehead atoms. The molecule has 0 fully saturated rings. The maximum atomic E-state index is 10.9. The summed E-state index contributed by atoms with van der Waals surface area (Å²) in [7, 11) is 0. The minimum Gasteiger partial charge on any atom is -0.478 e. The van der Waals surface area contributed by atoms with Crippen LogP contribution in [0.1, 0.15) is 22.8 Å². The van der Waals surface area contributed by atoms with Crippen molar-refractivity contribution in [1.29, 1.82) is 0 Å². The molecule has 0 spiro atoms. The predicted octanol–water partition coefficient (Wildman–Crippen LogP) is 2.04. The molecule has 0 saturated heterocycles. The lowest BCUT2D eigenvalue weighted by Crippen LogP contribution is -2.19. The molecule has 0 aliphatic rings. The lowest BCUT2D eigenvalue weighted by Gasteiger charge is -2.09. The van der Waals surface area contributed by atoms with Crippen LogP contribution in [-0.2, 0) is 6.42 Å². The zero-order chi connectivity index (χ0) is 10.7. The number of halogens is 1. The zero-order valence-electron chi connectivity index (χ0n) is 7.83. The second-order valence-electron chi connectivity index (χ2n) is 3.29. The minimum atomic E-state index is -0.909. The van der Waals surface area contributed by atoms with Crippen molar-refractivity contribution < 1.29 is 9.90 Å². The van der Waals surface area contributed by atoms with Gasteiger partial charge in [0.25, 0.3) is 0 Å². The Hall–Kier alpha value is -0.870.